The maximum atomic E-state index is 12.5. The van der Waals surface area contributed by atoms with Crippen molar-refractivity contribution >= 4 is 18.3 Å². The molecular weight excluding hydrogens is 272 g/mol. The summed E-state index contributed by atoms with van der Waals surface area (Å²) >= 11 is 0. The normalized spacial score (nSPS) is 20.4. The van der Waals surface area contributed by atoms with Crippen molar-refractivity contribution in [2.75, 3.05) is 6.54 Å². The molecule has 0 aromatic carbocycles. The van der Waals surface area contributed by atoms with Crippen LogP contribution in [-0.2, 0) is 4.79 Å². The lowest BCUT2D eigenvalue weighted by Crippen LogP contribution is -2.53. The summed E-state index contributed by atoms with van der Waals surface area (Å²) in [4.78, 5) is 12.5. The highest BCUT2D eigenvalue weighted by molar-refractivity contribution is 5.85. The molecule has 1 atom stereocenters. The molecule has 0 bridgehead atoms. The highest BCUT2D eigenvalue weighted by Crippen LogP contribution is 2.24. The van der Waals surface area contributed by atoms with Crippen LogP contribution in [0, 0.1) is 11.8 Å². The highest BCUT2D eigenvalue weighted by Gasteiger charge is 2.29. The lowest BCUT2D eigenvalue weighted by Gasteiger charge is -2.33. The van der Waals surface area contributed by atoms with Crippen LogP contribution in [0.3, 0.4) is 0 Å². The second-order valence-corrected chi connectivity index (χ2v) is 6.89. The minimum absolute atomic E-state index is 0. The Bertz CT molecular complexity index is 276. The van der Waals surface area contributed by atoms with Crippen LogP contribution in [0.15, 0.2) is 0 Å². The van der Waals surface area contributed by atoms with E-state index in [0.29, 0.717) is 12.5 Å². The van der Waals surface area contributed by atoms with Gasteiger partial charge >= 0.3 is 0 Å². The van der Waals surface area contributed by atoms with Gasteiger partial charge in [0.25, 0.3) is 0 Å². The molecule has 1 saturated carbocycles. The van der Waals surface area contributed by atoms with Crippen LogP contribution in [0.4, 0.5) is 0 Å². The van der Waals surface area contributed by atoms with Gasteiger partial charge in [-0.05, 0) is 32.1 Å². The summed E-state index contributed by atoms with van der Waals surface area (Å²) in [6, 6.07) is 0. The van der Waals surface area contributed by atoms with E-state index in [0.717, 1.165) is 19.3 Å². The second-order valence-electron chi connectivity index (χ2n) is 6.89. The third-order valence-corrected chi connectivity index (χ3v) is 4.21. The topological polar surface area (TPSA) is 55.1 Å². The van der Waals surface area contributed by atoms with E-state index in [1.54, 1.807) is 0 Å². The van der Waals surface area contributed by atoms with Crippen LogP contribution in [0.5, 0.6) is 0 Å². The van der Waals surface area contributed by atoms with E-state index in [2.05, 4.69) is 26.1 Å². The molecule has 0 saturated heterocycles. The van der Waals surface area contributed by atoms with Gasteiger partial charge in [-0.15, -0.1) is 12.4 Å². The lowest BCUT2D eigenvalue weighted by atomic mass is 9.87. The Labute approximate surface area is 130 Å². The standard InChI is InChI=1S/C16H32N2O.ClH/c1-13(2)11-16(3,12-17)18-15(19)14-9-7-5-4-6-8-10-14;/h13-14H,4-12,17H2,1-3H3,(H,18,19);1H. The van der Waals surface area contributed by atoms with Crippen molar-refractivity contribution in [1.29, 1.82) is 0 Å². The molecule has 0 heterocycles. The van der Waals surface area contributed by atoms with Crippen molar-refractivity contribution in [2.45, 2.75) is 77.7 Å². The number of nitrogens with one attached hydrogen (secondary N) is 1. The first kappa shape index (κ1) is 19.7. The summed E-state index contributed by atoms with van der Waals surface area (Å²) in [5.74, 6) is 0.986. The van der Waals surface area contributed by atoms with Crippen LogP contribution >= 0.6 is 12.4 Å². The van der Waals surface area contributed by atoms with Gasteiger partial charge in [-0.3, -0.25) is 4.79 Å². The van der Waals surface area contributed by atoms with Crippen LogP contribution in [0.1, 0.15) is 72.1 Å². The number of carbonyl (C=O) groups is 1. The first-order chi connectivity index (χ1) is 8.97. The highest BCUT2D eigenvalue weighted by atomic mass is 35.5. The first-order valence-electron chi connectivity index (χ1n) is 7.99. The fraction of sp³-hybridized carbons (Fsp3) is 0.938. The maximum Gasteiger partial charge on any atom is 0.223 e. The Hall–Kier alpha value is -0.280. The molecule has 20 heavy (non-hydrogen) atoms. The van der Waals surface area contributed by atoms with Crippen LogP contribution in [0.2, 0.25) is 0 Å². The van der Waals surface area contributed by atoms with Gasteiger partial charge in [-0.1, -0.05) is 46.0 Å². The molecular formula is C16H33ClN2O. The third-order valence-electron chi connectivity index (χ3n) is 4.21. The Morgan fingerprint density at radius 1 is 1.20 bits per heavy atom. The fourth-order valence-corrected chi connectivity index (χ4v) is 3.20. The predicted octanol–water partition coefficient (Wildman–Crippen LogP) is 3.65. The SMILES string of the molecule is CC(C)CC(C)(CN)NC(=O)C1CCCCCCC1.Cl. The number of rotatable bonds is 5. The van der Waals surface area contributed by atoms with Gasteiger partial charge in [0.15, 0.2) is 0 Å². The maximum absolute atomic E-state index is 12.5. The molecule has 0 radical (unpaired) electrons. The smallest absolute Gasteiger partial charge is 0.223 e. The van der Waals surface area contributed by atoms with Crippen molar-refractivity contribution in [3.05, 3.63) is 0 Å². The van der Waals surface area contributed by atoms with Crippen LogP contribution < -0.4 is 11.1 Å². The summed E-state index contributed by atoms with van der Waals surface area (Å²) in [5, 5.41) is 3.23. The molecule has 0 aromatic rings. The monoisotopic (exact) mass is 304 g/mol. The van der Waals surface area contributed by atoms with Crippen molar-refractivity contribution in [3.8, 4) is 0 Å². The molecule has 1 unspecified atom stereocenters. The quantitative estimate of drug-likeness (QED) is 0.814. The zero-order valence-corrected chi connectivity index (χ0v) is 14.2. The predicted molar refractivity (Wildman–Crippen MR) is 88.1 cm³/mol. The Kier molecular flexibility index (Phi) is 9.48. The lowest BCUT2D eigenvalue weighted by molar-refractivity contribution is -0.127. The summed E-state index contributed by atoms with van der Waals surface area (Å²) < 4.78 is 0. The molecule has 120 valence electrons. The van der Waals surface area contributed by atoms with Gasteiger partial charge in [0.1, 0.15) is 0 Å². The summed E-state index contributed by atoms with van der Waals surface area (Å²) in [7, 11) is 0. The van der Waals surface area contributed by atoms with Gasteiger partial charge in [-0.25, -0.2) is 0 Å². The van der Waals surface area contributed by atoms with Crippen LogP contribution in [0.25, 0.3) is 0 Å². The Morgan fingerprint density at radius 3 is 2.15 bits per heavy atom. The van der Waals surface area contributed by atoms with Crippen molar-refractivity contribution < 1.29 is 4.79 Å². The molecule has 1 fully saturated rings. The second kappa shape index (κ2) is 9.62. The van der Waals surface area contributed by atoms with E-state index in [9.17, 15) is 4.79 Å². The van der Waals surface area contributed by atoms with Gasteiger partial charge in [-0.2, -0.15) is 0 Å². The van der Waals surface area contributed by atoms with Crippen molar-refractivity contribution in [3.63, 3.8) is 0 Å². The number of hydrogen-bond donors (Lipinski definition) is 2. The molecule has 0 aliphatic heterocycles. The van der Waals surface area contributed by atoms with Gasteiger partial charge in [0, 0.05) is 18.0 Å². The molecule has 1 rings (SSSR count). The summed E-state index contributed by atoms with van der Waals surface area (Å²) in [6.07, 6.45) is 9.34. The molecule has 1 aliphatic rings. The van der Waals surface area contributed by atoms with E-state index >= 15 is 0 Å². The number of hydrogen-bond acceptors (Lipinski definition) is 2. The minimum Gasteiger partial charge on any atom is -0.349 e. The summed E-state index contributed by atoms with van der Waals surface area (Å²) in [5.41, 5.74) is 5.63. The Balaban J connectivity index is 0.00000361. The van der Waals surface area contributed by atoms with E-state index in [4.69, 9.17) is 5.73 Å². The average molecular weight is 305 g/mol. The number of halogens is 1. The van der Waals surface area contributed by atoms with E-state index in [1.807, 2.05) is 0 Å². The molecule has 4 heteroatoms. The molecule has 3 N–H and O–H groups in total. The van der Waals surface area contributed by atoms with Gasteiger partial charge in [0.05, 0.1) is 0 Å². The van der Waals surface area contributed by atoms with E-state index in [1.165, 1.54) is 32.1 Å². The Morgan fingerprint density at radius 2 is 1.70 bits per heavy atom. The molecule has 3 nitrogen and oxygen atoms in total. The van der Waals surface area contributed by atoms with Gasteiger partial charge in [0.2, 0.25) is 5.91 Å². The molecule has 0 aromatic heterocycles. The number of amides is 1. The van der Waals surface area contributed by atoms with E-state index in [-0.39, 0.29) is 29.8 Å². The van der Waals surface area contributed by atoms with Crippen LogP contribution in [-0.4, -0.2) is 18.0 Å². The van der Waals surface area contributed by atoms with Gasteiger partial charge < -0.3 is 11.1 Å². The molecule has 1 aliphatic carbocycles. The fourth-order valence-electron chi connectivity index (χ4n) is 3.20. The number of carbonyl (C=O) groups excluding carboxylic acids is 1. The third kappa shape index (κ3) is 6.94. The van der Waals surface area contributed by atoms with Crippen molar-refractivity contribution in [1.82, 2.24) is 5.32 Å². The largest absolute Gasteiger partial charge is 0.349 e. The zero-order valence-electron chi connectivity index (χ0n) is 13.4. The first-order valence-corrected chi connectivity index (χ1v) is 7.99. The van der Waals surface area contributed by atoms with Crippen molar-refractivity contribution in [2.24, 2.45) is 17.6 Å². The molecule has 1 amide bonds. The molecule has 0 spiro atoms. The zero-order chi connectivity index (χ0) is 14.3. The average Bonchev–Trinajstić information content (AvgIpc) is 2.26. The summed E-state index contributed by atoms with van der Waals surface area (Å²) in [6.45, 7) is 6.95. The number of nitrogens with two attached hydrogens (primary N) is 1. The minimum atomic E-state index is -0.242. The van der Waals surface area contributed by atoms with E-state index < -0.39 is 0 Å².